The normalized spacial score (nSPS) is 13.4. The maximum absolute atomic E-state index is 6.00. The van der Waals surface area contributed by atoms with Crippen LogP contribution in [0, 0.1) is 0 Å². The molecule has 0 radical (unpaired) electrons. The predicted octanol–water partition coefficient (Wildman–Crippen LogP) is 4.51. The van der Waals surface area contributed by atoms with E-state index in [0.717, 1.165) is 16.8 Å². The number of hydrogen-bond donors (Lipinski definition) is 0. The van der Waals surface area contributed by atoms with Gasteiger partial charge in [-0.3, -0.25) is 0 Å². The van der Waals surface area contributed by atoms with Crippen LogP contribution < -0.4 is 9.47 Å². The molecular formula is C21H20N2O2. The molecule has 0 N–H and O–H groups in total. The lowest BCUT2D eigenvalue weighted by molar-refractivity contribution is 0.243. The standard InChI is InChI=1S/C21H20N2O2/c1-3-7-16(8-4-1)14-24-20-13-19(18-11-12-18)22-23-21(20)25-15-17-9-5-2-6-10-17/h1-10,13,18H,11-12,14-15H2. The van der Waals surface area contributed by atoms with Gasteiger partial charge in [0.1, 0.15) is 13.2 Å². The minimum atomic E-state index is 0.444. The van der Waals surface area contributed by atoms with Crippen LogP contribution in [0.2, 0.25) is 0 Å². The van der Waals surface area contributed by atoms with Gasteiger partial charge in [0.2, 0.25) is 0 Å². The Morgan fingerprint density at radius 3 is 1.96 bits per heavy atom. The Bertz CT molecular complexity index is 818. The van der Waals surface area contributed by atoms with Crippen molar-refractivity contribution in [1.29, 1.82) is 0 Å². The van der Waals surface area contributed by atoms with Gasteiger partial charge in [-0.05, 0) is 24.0 Å². The Morgan fingerprint density at radius 1 is 0.760 bits per heavy atom. The van der Waals surface area contributed by atoms with Crippen molar-refractivity contribution in [2.75, 3.05) is 0 Å². The third-order valence-electron chi connectivity index (χ3n) is 4.20. The number of nitrogens with zero attached hydrogens (tertiary/aromatic N) is 2. The van der Waals surface area contributed by atoms with Crippen LogP contribution in [0.5, 0.6) is 11.6 Å². The first kappa shape index (κ1) is 15.6. The zero-order valence-electron chi connectivity index (χ0n) is 14.0. The highest BCUT2D eigenvalue weighted by atomic mass is 16.5. The molecule has 0 saturated heterocycles. The molecule has 4 rings (SSSR count). The van der Waals surface area contributed by atoms with Crippen molar-refractivity contribution in [3.05, 3.63) is 83.6 Å². The number of aromatic nitrogens is 2. The molecule has 4 nitrogen and oxygen atoms in total. The molecule has 0 atom stereocenters. The molecule has 0 bridgehead atoms. The lowest BCUT2D eigenvalue weighted by Crippen LogP contribution is -2.04. The second-order valence-electron chi connectivity index (χ2n) is 6.26. The molecule has 126 valence electrons. The lowest BCUT2D eigenvalue weighted by Gasteiger charge is -2.12. The quantitative estimate of drug-likeness (QED) is 0.638. The van der Waals surface area contributed by atoms with Crippen LogP contribution in [-0.4, -0.2) is 10.2 Å². The van der Waals surface area contributed by atoms with Crippen LogP contribution in [0.25, 0.3) is 0 Å². The minimum absolute atomic E-state index is 0.444. The van der Waals surface area contributed by atoms with E-state index in [-0.39, 0.29) is 0 Å². The molecule has 1 aliphatic carbocycles. The first-order valence-electron chi connectivity index (χ1n) is 8.59. The average Bonchev–Trinajstić information content (AvgIpc) is 3.52. The summed E-state index contributed by atoms with van der Waals surface area (Å²) >= 11 is 0. The van der Waals surface area contributed by atoms with Gasteiger partial charge in [0.05, 0.1) is 5.69 Å². The molecule has 1 fully saturated rings. The third kappa shape index (κ3) is 4.15. The van der Waals surface area contributed by atoms with Crippen LogP contribution >= 0.6 is 0 Å². The number of hydrogen-bond acceptors (Lipinski definition) is 4. The molecule has 2 aromatic carbocycles. The maximum atomic E-state index is 6.00. The van der Waals surface area contributed by atoms with Crippen molar-refractivity contribution in [1.82, 2.24) is 10.2 Å². The van der Waals surface area contributed by atoms with Gasteiger partial charge >= 0.3 is 0 Å². The summed E-state index contributed by atoms with van der Waals surface area (Å²) < 4.78 is 11.9. The van der Waals surface area contributed by atoms with Crippen molar-refractivity contribution in [2.24, 2.45) is 0 Å². The Labute approximate surface area is 147 Å². The molecular weight excluding hydrogens is 312 g/mol. The smallest absolute Gasteiger partial charge is 0.276 e. The molecule has 1 aliphatic rings. The molecule has 1 saturated carbocycles. The van der Waals surface area contributed by atoms with E-state index >= 15 is 0 Å². The van der Waals surface area contributed by atoms with E-state index in [1.165, 1.54) is 12.8 Å². The van der Waals surface area contributed by atoms with Gasteiger partial charge < -0.3 is 9.47 Å². The fourth-order valence-electron chi connectivity index (χ4n) is 2.62. The highest BCUT2D eigenvalue weighted by molar-refractivity contribution is 5.36. The summed E-state index contributed by atoms with van der Waals surface area (Å²) in [7, 11) is 0. The van der Waals surface area contributed by atoms with Gasteiger partial charge in [-0.25, -0.2) is 0 Å². The van der Waals surface area contributed by atoms with Gasteiger partial charge in [0.25, 0.3) is 5.88 Å². The summed E-state index contributed by atoms with van der Waals surface area (Å²) in [6.07, 6.45) is 2.36. The zero-order valence-corrected chi connectivity index (χ0v) is 14.0. The summed E-state index contributed by atoms with van der Waals surface area (Å²) in [5.74, 6) is 1.63. The molecule has 0 aliphatic heterocycles. The van der Waals surface area contributed by atoms with E-state index < -0.39 is 0 Å². The van der Waals surface area contributed by atoms with E-state index in [1.807, 2.05) is 66.7 Å². The number of ether oxygens (including phenoxy) is 2. The van der Waals surface area contributed by atoms with E-state index in [4.69, 9.17) is 9.47 Å². The van der Waals surface area contributed by atoms with Crippen molar-refractivity contribution in [2.45, 2.75) is 32.0 Å². The SMILES string of the molecule is c1ccc(COc2cc(C3CC3)nnc2OCc2ccccc2)cc1. The van der Waals surface area contributed by atoms with Gasteiger partial charge in [0.15, 0.2) is 5.75 Å². The molecule has 25 heavy (non-hydrogen) atoms. The predicted molar refractivity (Wildman–Crippen MR) is 95.6 cm³/mol. The van der Waals surface area contributed by atoms with Crippen LogP contribution in [-0.2, 0) is 13.2 Å². The molecule has 1 heterocycles. The van der Waals surface area contributed by atoms with E-state index in [2.05, 4.69) is 10.2 Å². The first-order chi connectivity index (χ1) is 12.4. The summed E-state index contributed by atoms with van der Waals surface area (Å²) in [5.41, 5.74) is 3.20. The van der Waals surface area contributed by atoms with Gasteiger partial charge in [-0.1, -0.05) is 60.7 Å². The summed E-state index contributed by atoms with van der Waals surface area (Å²) in [5, 5.41) is 8.58. The van der Waals surface area contributed by atoms with Crippen LogP contribution in [0.15, 0.2) is 66.7 Å². The molecule has 0 unspecified atom stereocenters. The first-order valence-corrected chi connectivity index (χ1v) is 8.59. The Kier molecular flexibility index (Phi) is 4.59. The third-order valence-corrected chi connectivity index (χ3v) is 4.20. The monoisotopic (exact) mass is 332 g/mol. The van der Waals surface area contributed by atoms with E-state index in [9.17, 15) is 0 Å². The molecule has 4 heteroatoms. The molecule has 0 amide bonds. The fourth-order valence-corrected chi connectivity index (χ4v) is 2.62. The lowest BCUT2D eigenvalue weighted by atomic mass is 10.2. The van der Waals surface area contributed by atoms with Crippen LogP contribution in [0.4, 0.5) is 0 Å². The van der Waals surface area contributed by atoms with Crippen LogP contribution in [0.1, 0.15) is 35.6 Å². The number of benzene rings is 2. The Balaban J connectivity index is 1.50. The van der Waals surface area contributed by atoms with E-state index in [0.29, 0.717) is 30.8 Å². The summed E-state index contributed by atoms with van der Waals surface area (Å²) in [6.45, 7) is 0.929. The van der Waals surface area contributed by atoms with Gasteiger partial charge in [0, 0.05) is 12.0 Å². The van der Waals surface area contributed by atoms with Crippen molar-refractivity contribution in [3.8, 4) is 11.6 Å². The largest absolute Gasteiger partial charge is 0.483 e. The maximum Gasteiger partial charge on any atom is 0.276 e. The highest BCUT2D eigenvalue weighted by Gasteiger charge is 2.27. The van der Waals surface area contributed by atoms with Crippen LogP contribution in [0.3, 0.4) is 0 Å². The average molecular weight is 332 g/mol. The Morgan fingerprint density at radius 2 is 1.36 bits per heavy atom. The zero-order chi connectivity index (χ0) is 16.9. The van der Waals surface area contributed by atoms with Crippen molar-refractivity contribution in [3.63, 3.8) is 0 Å². The summed E-state index contributed by atoms with van der Waals surface area (Å²) in [4.78, 5) is 0. The van der Waals surface area contributed by atoms with E-state index in [1.54, 1.807) is 0 Å². The topological polar surface area (TPSA) is 44.2 Å². The summed E-state index contributed by atoms with van der Waals surface area (Å²) in [6, 6.07) is 22.1. The molecule has 0 spiro atoms. The Hall–Kier alpha value is -2.88. The van der Waals surface area contributed by atoms with Gasteiger partial charge in [-0.15, -0.1) is 5.10 Å². The highest BCUT2D eigenvalue weighted by Crippen LogP contribution is 2.41. The second-order valence-corrected chi connectivity index (χ2v) is 6.26. The molecule has 1 aromatic heterocycles. The van der Waals surface area contributed by atoms with Crippen molar-refractivity contribution >= 4 is 0 Å². The molecule has 3 aromatic rings. The number of rotatable bonds is 7. The fraction of sp³-hybridized carbons (Fsp3) is 0.238. The van der Waals surface area contributed by atoms with Gasteiger partial charge in [-0.2, -0.15) is 5.10 Å². The minimum Gasteiger partial charge on any atom is -0.483 e. The van der Waals surface area contributed by atoms with Crippen molar-refractivity contribution < 1.29 is 9.47 Å². The second kappa shape index (κ2) is 7.34.